The molecule has 3 aromatic rings. The van der Waals surface area contributed by atoms with E-state index in [2.05, 4.69) is 20.7 Å². The molecule has 1 saturated heterocycles. The van der Waals surface area contributed by atoms with E-state index in [1.54, 1.807) is 41.4 Å². The molecule has 0 spiro atoms. The highest BCUT2D eigenvalue weighted by molar-refractivity contribution is 6.31. The Bertz CT molecular complexity index is 1210. The van der Waals surface area contributed by atoms with E-state index in [1.165, 1.54) is 0 Å². The first kappa shape index (κ1) is 22.8. The molecule has 1 unspecified atom stereocenters. The number of fused-ring (bicyclic) bond motifs is 1. The number of nitrogens with zero attached hydrogens (tertiary/aromatic N) is 2. The first-order valence-corrected chi connectivity index (χ1v) is 10.9. The van der Waals surface area contributed by atoms with Gasteiger partial charge in [0.05, 0.1) is 23.7 Å². The topological polar surface area (TPSA) is 125 Å². The van der Waals surface area contributed by atoms with Gasteiger partial charge in [0.1, 0.15) is 12.4 Å². The quantitative estimate of drug-likeness (QED) is 0.312. The van der Waals surface area contributed by atoms with Gasteiger partial charge < -0.3 is 25.4 Å². The number of imidazole rings is 1. The number of morpholine rings is 1. The zero-order valence-corrected chi connectivity index (χ0v) is 18.9. The number of rotatable bonds is 7. The van der Waals surface area contributed by atoms with Crippen molar-refractivity contribution >= 4 is 40.1 Å². The number of hydrogen-bond donors (Lipinski definition) is 4. The number of nitrogens with one attached hydrogen (secondary N) is 3. The number of halogens is 1. The van der Waals surface area contributed by atoms with Gasteiger partial charge in [0.15, 0.2) is 0 Å². The number of hydrogen-bond acceptors (Lipinski definition) is 6. The predicted molar refractivity (Wildman–Crippen MR) is 127 cm³/mol. The highest BCUT2D eigenvalue weighted by atomic mass is 35.5. The molecule has 172 valence electrons. The van der Waals surface area contributed by atoms with E-state index in [-0.39, 0.29) is 18.4 Å². The van der Waals surface area contributed by atoms with E-state index in [0.717, 1.165) is 22.3 Å². The SMILES string of the molecule is Cc1cc(C(=O)NC(C/C=C\NN)c2nc3ccc(Cl)cc3[nH]2)ccc1N1CCOCC1=O. The Morgan fingerprint density at radius 2 is 2.21 bits per heavy atom. The zero-order valence-electron chi connectivity index (χ0n) is 18.1. The van der Waals surface area contributed by atoms with Gasteiger partial charge in [-0.2, -0.15) is 0 Å². The first-order chi connectivity index (χ1) is 16.0. The van der Waals surface area contributed by atoms with Crippen LogP contribution < -0.4 is 21.5 Å². The van der Waals surface area contributed by atoms with Crippen molar-refractivity contribution in [3.05, 3.63) is 70.6 Å². The van der Waals surface area contributed by atoms with Crippen LogP contribution in [0, 0.1) is 6.92 Å². The lowest BCUT2D eigenvalue weighted by atomic mass is 10.1. The summed E-state index contributed by atoms with van der Waals surface area (Å²) in [6.07, 6.45) is 3.86. The number of benzene rings is 2. The van der Waals surface area contributed by atoms with Crippen molar-refractivity contribution in [3.8, 4) is 0 Å². The van der Waals surface area contributed by atoms with Crippen molar-refractivity contribution in [2.24, 2.45) is 5.84 Å². The fourth-order valence-corrected chi connectivity index (χ4v) is 3.96. The molecule has 1 aromatic heterocycles. The molecule has 1 aliphatic heterocycles. The second-order valence-electron chi connectivity index (χ2n) is 7.71. The molecule has 5 N–H and O–H groups in total. The molecule has 10 heteroatoms. The third kappa shape index (κ3) is 5.16. The summed E-state index contributed by atoms with van der Waals surface area (Å²) in [5.41, 5.74) is 6.10. The van der Waals surface area contributed by atoms with Gasteiger partial charge in [0, 0.05) is 29.0 Å². The van der Waals surface area contributed by atoms with Crippen LogP contribution in [0.25, 0.3) is 11.0 Å². The highest BCUT2D eigenvalue weighted by Gasteiger charge is 2.23. The minimum absolute atomic E-state index is 0.0667. The first-order valence-electron chi connectivity index (χ1n) is 10.5. The van der Waals surface area contributed by atoms with Crippen molar-refractivity contribution in [1.82, 2.24) is 20.7 Å². The van der Waals surface area contributed by atoms with Crippen LogP contribution >= 0.6 is 11.6 Å². The van der Waals surface area contributed by atoms with E-state index in [1.807, 2.05) is 19.1 Å². The van der Waals surface area contributed by atoms with Crippen LogP contribution in [0.15, 0.2) is 48.7 Å². The summed E-state index contributed by atoms with van der Waals surface area (Å²) in [6.45, 7) is 2.93. The molecular weight excluding hydrogens is 444 g/mol. The minimum atomic E-state index is -0.422. The Morgan fingerprint density at radius 3 is 2.97 bits per heavy atom. The summed E-state index contributed by atoms with van der Waals surface area (Å²) in [4.78, 5) is 34.8. The standard InChI is InChI=1S/C23H25ClN6O3/c1-14-11-15(4-7-20(14)30-9-10-33-13-21(30)31)23(32)29-18(3-2-8-26-25)22-27-17-6-5-16(24)12-19(17)28-22/h2,4-8,11-12,18,26H,3,9-10,13,25H2,1H3,(H,27,28)(H,29,32)/b8-2-. The molecule has 4 rings (SSSR count). The third-order valence-electron chi connectivity index (χ3n) is 5.42. The van der Waals surface area contributed by atoms with E-state index in [9.17, 15) is 9.59 Å². The number of carbonyl (C=O) groups is 2. The van der Waals surface area contributed by atoms with Crippen molar-refractivity contribution in [3.63, 3.8) is 0 Å². The zero-order chi connectivity index (χ0) is 23.4. The molecule has 0 bridgehead atoms. The summed E-state index contributed by atoms with van der Waals surface area (Å²) in [6, 6.07) is 10.2. The number of aryl methyl sites for hydroxylation is 1. The van der Waals surface area contributed by atoms with Gasteiger partial charge in [-0.25, -0.2) is 4.98 Å². The van der Waals surface area contributed by atoms with Gasteiger partial charge in [-0.3, -0.25) is 15.4 Å². The number of aromatic nitrogens is 2. The lowest BCUT2D eigenvalue weighted by Crippen LogP contribution is -2.42. The van der Waals surface area contributed by atoms with Gasteiger partial charge in [-0.15, -0.1) is 0 Å². The summed E-state index contributed by atoms with van der Waals surface area (Å²) < 4.78 is 5.20. The Hall–Kier alpha value is -3.40. The number of ether oxygens (including phenoxy) is 1. The molecule has 1 fully saturated rings. The molecule has 2 amide bonds. The molecule has 33 heavy (non-hydrogen) atoms. The molecule has 1 aliphatic rings. The number of aromatic amines is 1. The van der Waals surface area contributed by atoms with Gasteiger partial charge >= 0.3 is 0 Å². The van der Waals surface area contributed by atoms with Gasteiger partial charge in [0.2, 0.25) is 0 Å². The van der Waals surface area contributed by atoms with E-state index >= 15 is 0 Å². The van der Waals surface area contributed by atoms with Crippen LogP contribution in [0.3, 0.4) is 0 Å². The average molecular weight is 469 g/mol. The predicted octanol–water partition coefficient (Wildman–Crippen LogP) is 2.73. The number of H-pyrrole nitrogens is 1. The number of nitrogens with two attached hydrogens (primary N) is 1. The molecule has 1 atom stereocenters. The average Bonchev–Trinajstić information content (AvgIpc) is 3.22. The molecule has 0 aliphatic carbocycles. The van der Waals surface area contributed by atoms with Crippen molar-refractivity contribution in [2.45, 2.75) is 19.4 Å². The van der Waals surface area contributed by atoms with Crippen molar-refractivity contribution in [1.29, 1.82) is 0 Å². The smallest absolute Gasteiger partial charge is 0.253 e. The van der Waals surface area contributed by atoms with Crippen LogP contribution in [0.4, 0.5) is 5.69 Å². The van der Waals surface area contributed by atoms with Gasteiger partial charge in [-0.05, 0) is 55.3 Å². The monoisotopic (exact) mass is 468 g/mol. The lowest BCUT2D eigenvalue weighted by molar-refractivity contribution is -0.125. The van der Waals surface area contributed by atoms with Gasteiger partial charge in [-0.1, -0.05) is 17.7 Å². The van der Waals surface area contributed by atoms with E-state index in [0.29, 0.717) is 36.0 Å². The highest BCUT2D eigenvalue weighted by Crippen LogP contribution is 2.25. The number of anilines is 1. The molecule has 9 nitrogen and oxygen atoms in total. The third-order valence-corrected chi connectivity index (χ3v) is 5.65. The largest absolute Gasteiger partial charge is 0.370 e. The number of amides is 2. The fraction of sp³-hybridized carbons (Fsp3) is 0.261. The van der Waals surface area contributed by atoms with Crippen molar-refractivity contribution < 1.29 is 14.3 Å². The van der Waals surface area contributed by atoms with Crippen molar-refractivity contribution in [2.75, 3.05) is 24.7 Å². The summed E-state index contributed by atoms with van der Waals surface area (Å²) in [7, 11) is 0. The maximum absolute atomic E-state index is 13.1. The Kier molecular flexibility index (Phi) is 6.93. The normalized spacial score (nSPS) is 15.2. The van der Waals surface area contributed by atoms with E-state index < -0.39 is 6.04 Å². The summed E-state index contributed by atoms with van der Waals surface area (Å²) >= 11 is 6.08. The summed E-state index contributed by atoms with van der Waals surface area (Å²) in [5, 5.41) is 3.63. The van der Waals surface area contributed by atoms with E-state index in [4.69, 9.17) is 22.2 Å². The Labute approximate surface area is 195 Å². The second-order valence-corrected chi connectivity index (χ2v) is 8.15. The minimum Gasteiger partial charge on any atom is -0.370 e. The number of carbonyl (C=O) groups excluding carboxylic acids is 2. The van der Waals surface area contributed by atoms with Crippen LogP contribution in [0.5, 0.6) is 0 Å². The maximum atomic E-state index is 13.1. The fourth-order valence-electron chi connectivity index (χ4n) is 3.79. The van der Waals surface area contributed by atoms with Crippen LogP contribution in [0.2, 0.25) is 5.02 Å². The lowest BCUT2D eigenvalue weighted by Gasteiger charge is -2.28. The molecule has 0 radical (unpaired) electrons. The second kappa shape index (κ2) is 10.0. The van der Waals surface area contributed by atoms with Gasteiger partial charge in [0.25, 0.3) is 11.8 Å². The Balaban J connectivity index is 1.56. The number of hydrazine groups is 1. The summed E-state index contributed by atoms with van der Waals surface area (Å²) in [5.74, 6) is 5.59. The van der Waals surface area contributed by atoms with Crippen LogP contribution in [-0.4, -0.2) is 41.5 Å². The molecule has 0 saturated carbocycles. The Morgan fingerprint density at radius 1 is 1.36 bits per heavy atom. The van der Waals surface area contributed by atoms with Crippen LogP contribution in [0.1, 0.15) is 34.2 Å². The maximum Gasteiger partial charge on any atom is 0.253 e. The van der Waals surface area contributed by atoms with Crippen LogP contribution in [-0.2, 0) is 9.53 Å². The molecule has 2 heterocycles. The molecule has 2 aromatic carbocycles. The molecular formula is C23H25ClN6O3.